The summed E-state index contributed by atoms with van der Waals surface area (Å²) in [5.74, 6) is 0.846. The molecular weight excluding hydrogens is 324 g/mol. The highest BCUT2D eigenvalue weighted by molar-refractivity contribution is 5.94. The van der Waals surface area contributed by atoms with Crippen molar-refractivity contribution in [3.63, 3.8) is 0 Å². The number of benzene rings is 1. The van der Waals surface area contributed by atoms with Crippen molar-refractivity contribution in [1.29, 1.82) is 0 Å². The molecule has 1 aromatic carbocycles. The number of anilines is 1. The normalized spacial score (nSPS) is 18.1. The predicted molar refractivity (Wildman–Crippen MR) is 103 cm³/mol. The molecule has 4 rings (SSSR count). The lowest BCUT2D eigenvalue weighted by atomic mass is 9.95. The zero-order valence-electron chi connectivity index (χ0n) is 15.2. The third-order valence-corrected chi connectivity index (χ3v) is 5.45. The van der Waals surface area contributed by atoms with Gasteiger partial charge in [-0.2, -0.15) is 0 Å². The second kappa shape index (κ2) is 7.85. The zero-order chi connectivity index (χ0) is 17.8. The molecule has 1 aliphatic carbocycles. The van der Waals surface area contributed by atoms with E-state index in [0.717, 1.165) is 43.0 Å². The molecule has 0 atom stereocenters. The summed E-state index contributed by atoms with van der Waals surface area (Å²) in [7, 11) is 0. The van der Waals surface area contributed by atoms with Crippen molar-refractivity contribution < 1.29 is 4.79 Å². The Morgan fingerprint density at radius 1 is 0.885 bits per heavy atom. The van der Waals surface area contributed by atoms with E-state index in [1.807, 2.05) is 36.7 Å². The van der Waals surface area contributed by atoms with Crippen LogP contribution in [0.4, 0.5) is 5.95 Å². The Hall–Kier alpha value is -2.43. The molecule has 136 valence electrons. The number of hydrogen-bond donors (Lipinski definition) is 1. The Morgan fingerprint density at radius 3 is 2.19 bits per heavy atom. The molecule has 5 heteroatoms. The van der Waals surface area contributed by atoms with Gasteiger partial charge in [0.1, 0.15) is 0 Å². The highest BCUT2D eigenvalue weighted by Crippen LogP contribution is 2.22. The van der Waals surface area contributed by atoms with Gasteiger partial charge in [0.25, 0.3) is 5.91 Å². The van der Waals surface area contributed by atoms with E-state index in [4.69, 9.17) is 0 Å². The van der Waals surface area contributed by atoms with E-state index in [-0.39, 0.29) is 5.91 Å². The third-order valence-electron chi connectivity index (χ3n) is 5.45. The molecule has 1 saturated heterocycles. The van der Waals surface area contributed by atoms with Gasteiger partial charge in [0.2, 0.25) is 5.95 Å². The highest BCUT2D eigenvalue weighted by Gasteiger charge is 2.17. The second-order valence-electron chi connectivity index (χ2n) is 7.35. The van der Waals surface area contributed by atoms with Crippen LogP contribution in [0.15, 0.2) is 36.7 Å². The Balaban J connectivity index is 1.41. The molecule has 0 unspecified atom stereocenters. The number of amides is 1. The highest BCUT2D eigenvalue weighted by atomic mass is 16.1. The van der Waals surface area contributed by atoms with Crippen LogP contribution in [0.25, 0.3) is 11.1 Å². The number of nitrogens with zero attached hydrogens (tertiary/aromatic N) is 3. The molecule has 1 aromatic heterocycles. The monoisotopic (exact) mass is 350 g/mol. The maximum atomic E-state index is 12.4. The number of aromatic nitrogens is 2. The third kappa shape index (κ3) is 3.87. The van der Waals surface area contributed by atoms with Crippen molar-refractivity contribution in [2.24, 2.45) is 0 Å². The molecule has 26 heavy (non-hydrogen) atoms. The molecule has 2 aliphatic rings. The van der Waals surface area contributed by atoms with Gasteiger partial charge >= 0.3 is 0 Å². The van der Waals surface area contributed by atoms with Crippen molar-refractivity contribution in [3.05, 3.63) is 42.2 Å². The maximum Gasteiger partial charge on any atom is 0.251 e. The Kier molecular flexibility index (Phi) is 5.14. The van der Waals surface area contributed by atoms with Gasteiger partial charge in [0, 0.05) is 42.7 Å². The maximum absolute atomic E-state index is 12.4. The van der Waals surface area contributed by atoms with E-state index in [1.54, 1.807) is 0 Å². The Labute approximate surface area is 154 Å². The summed E-state index contributed by atoms with van der Waals surface area (Å²) in [5.41, 5.74) is 2.73. The molecule has 1 aliphatic heterocycles. The number of carbonyl (C=O) groups is 1. The van der Waals surface area contributed by atoms with Crippen molar-refractivity contribution in [2.45, 2.75) is 51.0 Å². The summed E-state index contributed by atoms with van der Waals surface area (Å²) in [5, 5.41) is 3.16. The molecule has 0 bridgehead atoms. The van der Waals surface area contributed by atoms with Crippen molar-refractivity contribution in [1.82, 2.24) is 15.3 Å². The minimum Gasteiger partial charge on any atom is -0.349 e. The lowest BCUT2D eigenvalue weighted by molar-refractivity contribution is 0.0927. The fraction of sp³-hybridized carbons (Fsp3) is 0.476. The van der Waals surface area contributed by atoms with Crippen molar-refractivity contribution >= 4 is 11.9 Å². The van der Waals surface area contributed by atoms with Gasteiger partial charge in [-0.15, -0.1) is 0 Å². The fourth-order valence-corrected chi connectivity index (χ4v) is 3.88. The Bertz CT molecular complexity index is 730. The van der Waals surface area contributed by atoms with Crippen LogP contribution in [0.2, 0.25) is 0 Å². The summed E-state index contributed by atoms with van der Waals surface area (Å²) < 4.78 is 0. The molecule has 1 amide bonds. The molecule has 1 N–H and O–H groups in total. The van der Waals surface area contributed by atoms with Crippen LogP contribution in [-0.2, 0) is 0 Å². The number of carbonyl (C=O) groups excluding carboxylic acids is 1. The molecule has 2 heterocycles. The minimum absolute atomic E-state index is 0.0316. The van der Waals surface area contributed by atoms with Crippen LogP contribution >= 0.6 is 0 Å². The average molecular weight is 350 g/mol. The summed E-state index contributed by atoms with van der Waals surface area (Å²) in [6.45, 7) is 2.09. The van der Waals surface area contributed by atoms with E-state index in [9.17, 15) is 4.79 Å². The van der Waals surface area contributed by atoms with Crippen LogP contribution < -0.4 is 10.2 Å². The summed E-state index contributed by atoms with van der Waals surface area (Å²) in [6, 6.07) is 8.07. The Morgan fingerprint density at radius 2 is 1.54 bits per heavy atom. The first kappa shape index (κ1) is 17.0. The molecule has 1 saturated carbocycles. The minimum atomic E-state index is 0.0316. The SMILES string of the molecule is O=C(NC1CCCCC1)c1ccc(-c2cnc(N3CCCC3)nc2)cc1. The van der Waals surface area contributed by atoms with E-state index in [0.29, 0.717) is 11.6 Å². The first-order valence-electron chi connectivity index (χ1n) is 9.78. The van der Waals surface area contributed by atoms with E-state index >= 15 is 0 Å². The number of nitrogens with one attached hydrogen (secondary N) is 1. The second-order valence-corrected chi connectivity index (χ2v) is 7.35. The van der Waals surface area contributed by atoms with Gasteiger partial charge in [0.15, 0.2) is 0 Å². The lowest BCUT2D eigenvalue weighted by Crippen LogP contribution is -2.36. The van der Waals surface area contributed by atoms with Gasteiger partial charge in [-0.3, -0.25) is 4.79 Å². The van der Waals surface area contributed by atoms with E-state index in [1.165, 1.54) is 32.1 Å². The van der Waals surface area contributed by atoms with Gasteiger partial charge < -0.3 is 10.2 Å². The quantitative estimate of drug-likeness (QED) is 0.911. The summed E-state index contributed by atoms with van der Waals surface area (Å²) in [4.78, 5) is 23.7. The van der Waals surface area contributed by atoms with Gasteiger partial charge in [0.05, 0.1) is 0 Å². The molecule has 5 nitrogen and oxygen atoms in total. The largest absolute Gasteiger partial charge is 0.349 e. The van der Waals surface area contributed by atoms with Crippen LogP contribution in [0.1, 0.15) is 55.3 Å². The first-order chi connectivity index (χ1) is 12.8. The van der Waals surface area contributed by atoms with Crippen LogP contribution in [0.3, 0.4) is 0 Å². The van der Waals surface area contributed by atoms with E-state index < -0.39 is 0 Å². The van der Waals surface area contributed by atoms with Gasteiger partial charge in [-0.25, -0.2) is 9.97 Å². The zero-order valence-corrected chi connectivity index (χ0v) is 15.2. The van der Waals surface area contributed by atoms with Gasteiger partial charge in [-0.1, -0.05) is 31.4 Å². The van der Waals surface area contributed by atoms with Crippen molar-refractivity contribution in [3.8, 4) is 11.1 Å². The number of rotatable bonds is 4. The number of hydrogen-bond acceptors (Lipinski definition) is 4. The lowest BCUT2D eigenvalue weighted by Gasteiger charge is -2.22. The summed E-state index contributed by atoms with van der Waals surface area (Å²) >= 11 is 0. The van der Waals surface area contributed by atoms with Crippen molar-refractivity contribution in [2.75, 3.05) is 18.0 Å². The molecule has 2 fully saturated rings. The molecule has 2 aromatic rings. The molecular formula is C21H26N4O. The molecule has 0 radical (unpaired) electrons. The predicted octanol–water partition coefficient (Wildman–Crippen LogP) is 3.81. The first-order valence-corrected chi connectivity index (χ1v) is 9.78. The van der Waals surface area contributed by atoms with E-state index in [2.05, 4.69) is 20.2 Å². The topological polar surface area (TPSA) is 58.1 Å². The standard InChI is InChI=1S/C21H26N4O/c26-20(24-19-6-2-1-3-7-19)17-10-8-16(9-11-17)18-14-22-21(23-15-18)25-12-4-5-13-25/h8-11,14-15,19H,1-7,12-13H2,(H,24,26). The summed E-state index contributed by atoms with van der Waals surface area (Å²) in [6.07, 6.45) is 12.1. The molecule has 0 spiro atoms. The smallest absolute Gasteiger partial charge is 0.251 e. The average Bonchev–Trinajstić information content (AvgIpc) is 3.24. The fourth-order valence-electron chi connectivity index (χ4n) is 3.88. The van der Waals surface area contributed by atoms with Crippen LogP contribution in [0.5, 0.6) is 0 Å². The van der Waals surface area contributed by atoms with Gasteiger partial charge in [-0.05, 0) is 43.4 Å². The van der Waals surface area contributed by atoms with Crippen LogP contribution in [-0.4, -0.2) is 35.0 Å². The van der Waals surface area contributed by atoms with Crippen LogP contribution in [0, 0.1) is 0 Å².